The standard InChI is InChI=1S/C26H31N7O3/c1-5-36-23(34)16-33-25(29-30-31-33)24(17(2)3)32(14-19-7-6-10-27-13-19)15-21-12-20-11-18(4)8-9-22(20)28-26(21)35/h6-13,17,24H,5,14-16H2,1-4H3,(H,28,35)/t24-/m0/s1. The maximum Gasteiger partial charge on any atom is 0.327 e. The maximum atomic E-state index is 13.1. The second-order valence-corrected chi connectivity index (χ2v) is 9.17. The number of hydrogen-bond acceptors (Lipinski definition) is 8. The van der Waals surface area contributed by atoms with E-state index < -0.39 is 5.97 Å². The van der Waals surface area contributed by atoms with E-state index in [0.29, 0.717) is 24.5 Å². The molecule has 1 aromatic carbocycles. The lowest BCUT2D eigenvalue weighted by atomic mass is 9.99. The summed E-state index contributed by atoms with van der Waals surface area (Å²) >= 11 is 0. The number of fused-ring (bicyclic) bond motifs is 1. The highest BCUT2D eigenvalue weighted by molar-refractivity contribution is 5.79. The van der Waals surface area contributed by atoms with E-state index in [1.54, 1.807) is 19.3 Å². The molecule has 0 aliphatic rings. The normalized spacial score (nSPS) is 12.4. The first kappa shape index (κ1) is 25.2. The number of carbonyl (C=O) groups excluding carboxylic acids is 1. The largest absolute Gasteiger partial charge is 0.465 e. The van der Waals surface area contributed by atoms with Crippen LogP contribution in [0.4, 0.5) is 0 Å². The summed E-state index contributed by atoms with van der Waals surface area (Å²) < 4.78 is 6.58. The molecule has 0 saturated carbocycles. The van der Waals surface area contributed by atoms with Gasteiger partial charge in [0.2, 0.25) is 0 Å². The summed E-state index contributed by atoms with van der Waals surface area (Å²) in [5.74, 6) is 0.194. The van der Waals surface area contributed by atoms with Crippen molar-refractivity contribution in [2.24, 2.45) is 5.92 Å². The van der Waals surface area contributed by atoms with E-state index in [1.807, 2.05) is 37.3 Å². The molecule has 0 aliphatic heterocycles. The summed E-state index contributed by atoms with van der Waals surface area (Å²) in [6, 6.07) is 11.5. The highest BCUT2D eigenvalue weighted by Crippen LogP contribution is 2.30. The van der Waals surface area contributed by atoms with Crippen LogP contribution in [0.2, 0.25) is 0 Å². The summed E-state index contributed by atoms with van der Waals surface area (Å²) in [7, 11) is 0. The molecule has 0 amide bonds. The van der Waals surface area contributed by atoms with Gasteiger partial charge in [-0.3, -0.25) is 19.5 Å². The van der Waals surface area contributed by atoms with Crippen LogP contribution in [0.25, 0.3) is 10.9 Å². The molecule has 3 heterocycles. The van der Waals surface area contributed by atoms with E-state index in [-0.39, 0.29) is 30.7 Å². The number of tetrazole rings is 1. The fraction of sp³-hybridized carbons (Fsp3) is 0.385. The number of pyridine rings is 2. The minimum Gasteiger partial charge on any atom is -0.465 e. The Morgan fingerprint density at radius 1 is 1.19 bits per heavy atom. The van der Waals surface area contributed by atoms with Gasteiger partial charge in [0.25, 0.3) is 5.56 Å². The number of nitrogens with one attached hydrogen (secondary N) is 1. The van der Waals surface area contributed by atoms with Crippen molar-refractivity contribution >= 4 is 16.9 Å². The van der Waals surface area contributed by atoms with Crippen molar-refractivity contribution in [3.05, 3.63) is 81.7 Å². The summed E-state index contributed by atoms with van der Waals surface area (Å²) in [4.78, 5) is 34.7. The zero-order valence-electron chi connectivity index (χ0n) is 21.0. The smallest absolute Gasteiger partial charge is 0.327 e. The Bertz CT molecular complexity index is 1380. The van der Waals surface area contributed by atoms with Crippen molar-refractivity contribution < 1.29 is 9.53 Å². The number of nitrogens with zero attached hydrogens (tertiary/aromatic N) is 6. The summed E-state index contributed by atoms with van der Waals surface area (Å²) in [6.07, 6.45) is 3.53. The lowest BCUT2D eigenvalue weighted by molar-refractivity contribution is -0.144. The van der Waals surface area contributed by atoms with Crippen LogP contribution in [0.15, 0.2) is 53.6 Å². The van der Waals surface area contributed by atoms with E-state index >= 15 is 0 Å². The summed E-state index contributed by atoms with van der Waals surface area (Å²) in [6.45, 7) is 8.97. The number of rotatable bonds is 10. The van der Waals surface area contributed by atoms with Crippen molar-refractivity contribution in [2.45, 2.75) is 53.4 Å². The van der Waals surface area contributed by atoms with E-state index in [4.69, 9.17) is 4.74 Å². The van der Waals surface area contributed by atoms with Crippen LogP contribution in [-0.4, -0.2) is 47.7 Å². The minimum atomic E-state index is -0.409. The Hall–Kier alpha value is -3.92. The molecule has 0 bridgehead atoms. The van der Waals surface area contributed by atoms with Gasteiger partial charge in [0.15, 0.2) is 5.82 Å². The van der Waals surface area contributed by atoms with Gasteiger partial charge in [-0.25, -0.2) is 4.68 Å². The van der Waals surface area contributed by atoms with Crippen LogP contribution in [0.3, 0.4) is 0 Å². The molecule has 1 N–H and O–H groups in total. The molecule has 1 atom stereocenters. The monoisotopic (exact) mass is 489 g/mol. The SMILES string of the molecule is CCOC(=O)Cn1nnnc1[C@H](C(C)C)N(Cc1cccnc1)Cc1cc2cc(C)ccc2[nH]c1=O. The molecular formula is C26H31N7O3. The molecule has 188 valence electrons. The topological polar surface area (TPSA) is 119 Å². The van der Waals surface area contributed by atoms with E-state index in [2.05, 4.69) is 50.3 Å². The van der Waals surface area contributed by atoms with Crippen LogP contribution in [0.5, 0.6) is 0 Å². The van der Waals surface area contributed by atoms with Gasteiger partial charge in [-0.1, -0.05) is 31.5 Å². The van der Waals surface area contributed by atoms with Crippen molar-refractivity contribution in [1.82, 2.24) is 35.1 Å². The lowest BCUT2D eigenvalue weighted by Gasteiger charge is -2.33. The Kier molecular flexibility index (Phi) is 7.84. The van der Waals surface area contributed by atoms with Crippen LogP contribution in [-0.2, 0) is 29.2 Å². The first-order valence-corrected chi connectivity index (χ1v) is 12.0. The van der Waals surface area contributed by atoms with Gasteiger partial charge in [0, 0.05) is 36.6 Å². The first-order chi connectivity index (χ1) is 17.4. The molecule has 0 spiro atoms. The molecule has 36 heavy (non-hydrogen) atoms. The van der Waals surface area contributed by atoms with Crippen LogP contribution < -0.4 is 5.56 Å². The Balaban J connectivity index is 1.75. The third kappa shape index (κ3) is 5.83. The summed E-state index contributed by atoms with van der Waals surface area (Å²) in [5, 5.41) is 13.2. The quantitative estimate of drug-likeness (QED) is 0.337. The number of benzene rings is 1. The van der Waals surface area contributed by atoms with Gasteiger partial charge in [0.05, 0.1) is 12.6 Å². The second kappa shape index (κ2) is 11.2. The minimum absolute atomic E-state index is 0.0652. The van der Waals surface area contributed by atoms with Crippen molar-refractivity contribution in [3.63, 3.8) is 0 Å². The zero-order valence-corrected chi connectivity index (χ0v) is 21.0. The highest BCUT2D eigenvalue weighted by atomic mass is 16.5. The lowest BCUT2D eigenvalue weighted by Crippen LogP contribution is -2.35. The molecule has 3 aromatic heterocycles. The van der Waals surface area contributed by atoms with Crippen LogP contribution in [0.1, 0.15) is 49.3 Å². The Labute approximate surface area is 209 Å². The van der Waals surface area contributed by atoms with Gasteiger partial charge < -0.3 is 9.72 Å². The van der Waals surface area contributed by atoms with Crippen molar-refractivity contribution in [1.29, 1.82) is 0 Å². The van der Waals surface area contributed by atoms with Gasteiger partial charge in [-0.05, 0) is 65.4 Å². The molecule has 0 aliphatic carbocycles. The molecule has 4 rings (SSSR count). The van der Waals surface area contributed by atoms with Crippen molar-refractivity contribution in [3.8, 4) is 0 Å². The average molecular weight is 490 g/mol. The van der Waals surface area contributed by atoms with Gasteiger partial charge in [-0.15, -0.1) is 5.10 Å². The zero-order chi connectivity index (χ0) is 25.7. The average Bonchev–Trinajstić information content (AvgIpc) is 3.27. The summed E-state index contributed by atoms with van der Waals surface area (Å²) in [5.41, 5.74) is 3.39. The third-order valence-electron chi connectivity index (χ3n) is 5.99. The maximum absolute atomic E-state index is 13.1. The van der Waals surface area contributed by atoms with Gasteiger partial charge in [-0.2, -0.15) is 0 Å². The molecule has 0 radical (unpaired) electrons. The van der Waals surface area contributed by atoms with Crippen LogP contribution in [0, 0.1) is 12.8 Å². The fourth-order valence-electron chi connectivity index (χ4n) is 4.43. The molecule has 4 aromatic rings. The predicted molar refractivity (Wildman–Crippen MR) is 135 cm³/mol. The van der Waals surface area contributed by atoms with E-state index in [0.717, 1.165) is 22.0 Å². The number of carbonyl (C=O) groups is 1. The first-order valence-electron chi connectivity index (χ1n) is 12.0. The number of esters is 1. The Morgan fingerprint density at radius 2 is 2.03 bits per heavy atom. The number of H-pyrrole nitrogens is 1. The van der Waals surface area contributed by atoms with Gasteiger partial charge >= 0.3 is 5.97 Å². The van der Waals surface area contributed by atoms with Crippen molar-refractivity contribution in [2.75, 3.05) is 6.61 Å². The highest BCUT2D eigenvalue weighted by Gasteiger charge is 2.30. The molecule has 0 saturated heterocycles. The number of hydrogen-bond donors (Lipinski definition) is 1. The van der Waals surface area contributed by atoms with Gasteiger partial charge in [0.1, 0.15) is 6.54 Å². The number of aromatic amines is 1. The number of aromatic nitrogens is 6. The predicted octanol–water partition coefficient (Wildman–Crippen LogP) is 3.18. The fourth-order valence-corrected chi connectivity index (χ4v) is 4.43. The molecule has 10 heteroatoms. The Morgan fingerprint density at radius 3 is 2.75 bits per heavy atom. The molecule has 0 unspecified atom stereocenters. The number of ether oxygens (including phenoxy) is 1. The van der Waals surface area contributed by atoms with Crippen LogP contribution >= 0.6 is 0 Å². The molecule has 10 nitrogen and oxygen atoms in total. The van der Waals surface area contributed by atoms with E-state index in [1.165, 1.54) is 4.68 Å². The molecular weight excluding hydrogens is 458 g/mol. The molecule has 0 fully saturated rings. The third-order valence-corrected chi connectivity index (χ3v) is 5.99. The van der Waals surface area contributed by atoms with E-state index in [9.17, 15) is 9.59 Å². The number of aryl methyl sites for hydroxylation is 1. The second-order valence-electron chi connectivity index (χ2n) is 9.17.